The molecule has 1 N–H and O–H groups in total. The molecule has 0 unspecified atom stereocenters. The number of rotatable bonds is 4. The van der Waals surface area contributed by atoms with Gasteiger partial charge in [0.25, 0.3) is 5.91 Å². The van der Waals surface area contributed by atoms with E-state index in [-0.39, 0.29) is 11.3 Å². The van der Waals surface area contributed by atoms with Crippen molar-refractivity contribution in [2.45, 2.75) is 25.7 Å². The van der Waals surface area contributed by atoms with Gasteiger partial charge in [-0.2, -0.15) is 0 Å². The summed E-state index contributed by atoms with van der Waals surface area (Å²) >= 11 is 15.6. The number of hydrogen-bond acceptors (Lipinski definition) is 1. The second-order valence-electron chi connectivity index (χ2n) is 5.12. The first-order valence-corrected chi connectivity index (χ1v) is 8.24. The Morgan fingerprint density at radius 1 is 1.26 bits per heavy atom. The smallest absolute Gasteiger partial charge is 0.254 e. The molecule has 0 aliphatic heterocycles. The van der Waals surface area contributed by atoms with Crippen molar-refractivity contribution >= 4 is 45.0 Å². The molecule has 1 amide bonds. The largest absolute Gasteiger partial charge is 0.351 e. The number of halogens is 3. The van der Waals surface area contributed by atoms with E-state index in [1.165, 1.54) is 12.8 Å². The van der Waals surface area contributed by atoms with E-state index in [9.17, 15) is 4.79 Å². The summed E-state index contributed by atoms with van der Waals surface area (Å²) in [4.78, 5) is 12.2. The molecule has 19 heavy (non-hydrogen) atoms. The fourth-order valence-corrected chi connectivity index (χ4v) is 3.88. The Hall–Kier alpha value is -0.250. The summed E-state index contributed by atoms with van der Waals surface area (Å²) in [6, 6.07) is 5.09. The molecule has 104 valence electrons. The predicted octanol–water partition coefficient (Wildman–Crippen LogP) is 4.68. The minimum atomic E-state index is -0.192. The van der Waals surface area contributed by atoms with Gasteiger partial charge in [-0.3, -0.25) is 4.79 Å². The summed E-state index contributed by atoms with van der Waals surface area (Å²) in [6.45, 7) is 0.665. The van der Waals surface area contributed by atoms with Crippen molar-refractivity contribution < 1.29 is 4.79 Å². The molecule has 1 fully saturated rings. The summed E-state index contributed by atoms with van der Waals surface area (Å²) in [5.41, 5.74) is 0.553. The molecule has 0 heterocycles. The third-order valence-corrected chi connectivity index (χ3v) is 5.58. The molecule has 1 aromatic carbocycles. The Labute approximate surface area is 132 Å². The molecule has 1 aromatic rings. The van der Waals surface area contributed by atoms with Crippen molar-refractivity contribution in [1.29, 1.82) is 0 Å². The monoisotopic (exact) mass is 363 g/mol. The number of carbonyl (C=O) groups is 1. The van der Waals surface area contributed by atoms with Gasteiger partial charge in [0.1, 0.15) is 0 Å². The molecule has 2 nitrogen and oxygen atoms in total. The number of alkyl halides is 1. The summed E-state index contributed by atoms with van der Waals surface area (Å²) < 4.78 is 0. The van der Waals surface area contributed by atoms with Crippen LogP contribution < -0.4 is 5.32 Å². The molecule has 5 heteroatoms. The van der Waals surface area contributed by atoms with Gasteiger partial charge in [-0.25, -0.2) is 0 Å². The normalized spacial score (nSPS) is 17.4. The Kier molecular flexibility index (Phi) is 5.15. The number of hydrogen-bond donors (Lipinski definition) is 1. The maximum atomic E-state index is 12.2. The highest BCUT2D eigenvalue weighted by Gasteiger charge is 2.33. The van der Waals surface area contributed by atoms with Crippen molar-refractivity contribution in [2.75, 3.05) is 11.9 Å². The standard InChI is InChI=1S/C14H16BrCl2NO/c15-8-14(6-1-2-7-14)9-18-13(19)12-10(16)4-3-5-11(12)17/h3-5H,1-2,6-9H2,(H,18,19). The van der Waals surface area contributed by atoms with E-state index in [1.54, 1.807) is 18.2 Å². The van der Waals surface area contributed by atoms with E-state index in [1.807, 2.05) is 0 Å². The predicted molar refractivity (Wildman–Crippen MR) is 83.5 cm³/mol. The highest BCUT2D eigenvalue weighted by atomic mass is 79.9. The first-order chi connectivity index (χ1) is 9.08. The Bertz CT molecular complexity index is 452. The summed E-state index contributed by atoms with van der Waals surface area (Å²) in [7, 11) is 0. The van der Waals surface area contributed by atoms with Crippen molar-refractivity contribution in [1.82, 2.24) is 5.32 Å². The van der Waals surface area contributed by atoms with Crippen LogP contribution in [0.25, 0.3) is 0 Å². The molecule has 1 saturated carbocycles. The lowest BCUT2D eigenvalue weighted by atomic mass is 9.89. The molecular formula is C14H16BrCl2NO. The van der Waals surface area contributed by atoms with Crippen LogP contribution in [0.3, 0.4) is 0 Å². The Morgan fingerprint density at radius 3 is 2.37 bits per heavy atom. The van der Waals surface area contributed by atoms with E-state index >= 15 is 0 Å². The first kappa shape index (κ1) is 15.1. The van der Waals surface area contributed by atoms with Crippen molar-refractivity contribution in [2.24, 2.45) is 5.41 Å². The van der Waals surface area contributed by atoms with Crippen molar-refractivity contribution in [3.63, 3.8) is 0 Å². The maximum Gasteiger partial charge on any atom is 0.254 e. The molecular weight excluding hydrogens is 349 g/mol. The minimum Gasteiger partial charge on any atom is -0.351 e. The van der Waals surface area contributed by atoms with Crippen LogP contribution in [0.1, 0.15) is 36.0 Å². The van der Waals surface area contributed by atoms with Gasteiger partial charge in [-0.1, -0.05) is 58.0 Å². The molecule has 0 aromatic heterocycles. The number of nitrogens with one attached hydrogen (secondary N) is 1. The molecule has 1 aliphatic carbocycles. The topological polar surface area (TPSA) is 29.1 Å². The Morgan fingerprint density at radius 2 is 1.84 bits per heavy atom. The third kappa shape index (κ3) is 3.45. The van der Waals surface area contributed by atoms with E-state index in [4.69, 9.17) is 23.2 Å². The van der Waals surface area contributed by atoms with Gasteiger partial charge in [0.05, 0.1) is 15.6 Å². The quantitative estimate of drug-likeness (QED) is 0.772. The van der Waals surface area contributed by atoms with Crippen LogP contribution in [0, 0.1) is 5.41 Å². The maximum absolute atomic E-state index is 12.2. The molecule has 0 atom stereocenters. The summed E-state index contributed by atoms with van der Waals surface area (Å²) in [5, 5.41) is 4.68. The van der Waals surface area contributed by atoms with Crippen LogP contribution in [0.15, 0.2) is 18.2 Å². The zero-order valence-electron chi connectivity index (χ0n) is 10.5. The van der Waals surface area contributed by atoms with Crippen LogP contribution in [0.2, 0.25) is 10.0 Å². The lowest BCUT2D eigenvalue weighted by Crippen LogP contribution is -2.37. The zero-order valence-corrected chi connectivity index (χ0v) is 13.6. The number of carbonyl (C=O) groups excluding carboxylic acids is 1. The third-order valence-electron chi connectivity index (χ3n) is 3.76. The van der Waals surface area contributed by atoms with Crippen molar-refractivity contribution in [3.8, 4) is 0 Å². The molecule has 2 rings (SSSR count). The fraction of sp³-hybridized carbons (Fsp3) is 0.500. The first-order valence-electron chi connectivity index (χ1n) is 6.36. The van der Waals surface area contributed by atoms with Crippen molar-refractivity contribution in [3.05, 3.63) is 33.8 Å². The highest BCUT2D eigenvalue weighted by molar-refractivity contribution is 9.09. The number of benzene rings is 1. The van der Waals surface area contributed by atoms with E-state index in [2.05, 4.69) is 21.2 Å². The highest BCUT2D eigenvalue weighted by Crippen LogP contribution is 2.39. The van der Waals surface area contributed by atoms with Crippen LogP contribution in [-0.4, -0.2) is 17.8 Å². The van der Waals surface area contributed by atoms with Crippen LogP contribution in [0.5, 0.6) is 0 Å². The van der Waals surface area contributed by atoms with E-state index in [0.29, 0.717) is 22.2 Å². The van der Waals surface area contributed by atoms with Gasteiger partial charge >= 0.3 is 0 Å². The zero-order chi connectivity index (χ0) is 13.9. The second kappa shape index (κ2) is 6.47. The van der Waals surface area contributed by atoms with E-state index < -0.39 is 0 Å². The molecule has 0 spiro atoms. The summed E-state index contributed by atoms with van der Waals surface area (Å²) in [6.07, 6.45) is 4.76. The average molecular weight is 365 g/mol. The summed E-state index contributed by atoms with van der Waals surface area (Å²) in [5.74, 6) is -0.192. The Balaban J connectivity index is 2.05. The average Bonchev–Trinajstić information content (AvgIpc) is 2.86. The van der Waals surface area contributed by atoms with Crippen LogP contribution >= 0.6 is 39.1 Å². The van der Waals surface area contributed by atoms with Gasteiger partial charge < -0.3 is 5.32 Å². The van der Waals surface area contributed by atoms with E-state index in [0.717, 1.165) is 18.2 Å². The second-order valence-corrected chi connectivity index (χ2v) is 6.50. The fourth-order valence-electron chi connectivity index (χ4n) is 2.55. The molecule has 0 saturated heterocycles. The van der Waals surface area contributed by atoms with Crippen LogP contribution in [-0.2, 0) is 0 Å². The lowest BCUT2D eigenvalue weighted by molar-refractivity contribution is 0.0936. The van der Waals surface area contributed by atoms with Gasteiger partial charge in [0.2, 0.25) is 0 Å². The van der Waals surface area contributed by atoms with Gasteiger partial charge in [0, 0.05) is 11.9 Å². The van der Waals surface area contributed by atoms with Gasteiger partial charge in [-0.15, -0.1) is 0 Å². The SMILES string of the molecule is O=C(NCC1(CBr)CCCC1)c1c(Cl)cccc1Cl. The molecule has 0 radical (unpaired) electrons. The van der Waals surface area contributed by atoms with Gasteiger partial charge in [0.15, 0.2) is 0 Å². The molecule has 0 bridgehead atoms. The van der Waals surface area contributed by atoms with Gasteiger partial charge in [-0.05, 0) is 30.4 Å². The minimum absolute atomic E-state index is 0.184. The molecule has 1 aliphatic rings. The van der Waals surface area contributed by atoms with Crippen LogP contribution in [0.4, 0.5) is 0 Å². The number of amides is 1. The lowest BCUT2D eigenvalue weighted by Gasteiger charge is -2.26.